The predicted octanol–water partition coefficient (Wildman–Crippen LogP) is 4.46. The first-order chi connectivity index (χ1) is 12.8. The number of hydrogen-bond donors (Lipinski definition) is 1. The number of hydrogen-bond acceptors (Lipinski definition) is 3. The summed E-state index contributed by atoms with van der Waals surface area (Å²) in [4.78, 5) is 14.9. The number of rotatable bonds is 5. The van der Waals surface area contributed by atoms with Crippen molar-refractivity contribution < 1.29 is 9.53 Å². The van der Waals surface area contributed by atoms with Gasteiger partial charge < -0.3 is 15.0 Å². The Bertz CT molecular complexity index is 924. The molecule has 26 heavy (non-hydrogen) atoms. The molecule has 3 aromatic carbocycles. The number of nitrogens with zero attached hydrogens (tertiary/aromatic N) is 1. The lowest BCUT2D eigenvalue weighted by Crippen LogP contribution is -2.32. The Labute approximate surface area is 153 Å². The normalized spacial score (nSPS) is 15.7. The van der Waals surface area contributed by atoms with Gasteiger partial charge in [0.2, 0.25) is 0 Å². The SMILES string of the molecule is COc1ccccc1N[C@H]1c2ccccc2C(=O)N1Cc1ccccc1. The number of para-hydroxylation sites is 2. The van der Waals surface area contributed by atoms with Crippen LogP contribution in [-0.2, 0) is 6.54 Å². The van der Waals surface area contributed by atoms with Crippen LogP contribution in [0.5, 0.6) is 5.75 Å². The number of ether oxygens (including phenoxy) is 1. The van der Waals surface area contributed by atoms with Gasteiger partial charge in [0.15, 0.2) is 0 Å². The molecule has 1 N–H and O–H groups in total. The van der Waals surface area contributed by atoms with Gasteiger partial charge in [-0.15, -0.1) is 0 Å². The van der Waals surface area contributed by atoms with Crippen molar-refractivity contribution in [3.05, 3.63) is 95.6 Å². The zero-order valence-corrected chi connectivity index (χ0v) is 14.6. The fourth-order valence-electron chi connectivity index (χ4n) is 3.38. The third-order valence-electron chi connectivity index (χ3n) is 4.65. The van der Waals surface area contributed by atoms with E-state index in [1.54, 1.807) is 7.11 Å². The number of amides is 1. The predicted molar refractivity (Wildman–Crippen MR) is 102 cm³/mol. The molecule has 130 valence electrons. The fraction of sp³-hybridized carbons (Fsp3) is 0.136. The molecule has 4 rings (SSSR count). The van der Waals surface area contributed by atoms with E-state index in [0.29, 0.717) is 6.54 Å². The third-order valence-corrected chi connectivity index (χ3v) is 4.65. The minimum atomic E-state index is -0.241. The van der Waals surface area contributed by atoms with Gasteiger partial charge in [0.1, 0.15) is 11.9 Å². The first kappa shape index (κ1) is 16.2. The quantitative estimate of drug-likeness (QED) is 0.743. The van der Waals surface area contributed by atoms with Crippen LogP contribution < -0.4 is 10.1 Å². The van der Waals surface area contributed by atoms with Crippen LogP contribution in [0.2, 0.25) is 0 Å². The maximum Gasteiger partial charge on any atom is 0.256 e. The summed E-state index contributed by atoms with van der Waals surface area (Å²) in [6.45, 7) is 0.543. The maximum absolute atomic E-state index is 13.0. The van der Waals surface area contributed by atoms with E-state index in [0.717, 1.165) is 28.1 Å². The smallest absolute Gasteiger partial charge is 0.256 e. The minimum Gasteiger partial charge on any atom is -0.495 e. The van der Waals surface area contributed by atoms with Crippen molar-refractivity contribution in [3.8, 4) is 5.75 Å². The molecule has 0 fully saturated rings. The first-order valence-electron chi connectivity index (χ1n) is 8.61. The highest BCUT2D eigenvalue weighted by molar-refractivity contribution is 5.99. The number of methoxy groups -OCH3 is 1. The van der Waals surface area contributed by atoms with E-state index >= 15 is 0 Å². The highest BCUT2D eigenvalue weighted by Crippen LogP contribution is 2.37. The summed E-state index contributed by atoms with van der Waals surface area (Å²) >= 11 is 0. The van der Waals surface area contributed by atoms with Crippen LogP contribution >= 0.6 is 0 Å². The average Bonchev–Trinajstić information content (AvgIpc) is 2.95. The number of anilines is 1. The topological polar surface area (TPSA) is 41.6 Å². The summed E-state index contributed by atoms with van der Waals surface area (Å²) in [5.74, 6) is 0.792. The lowest BCUT2D eigenvalue weighted by molar-refractivity contribution is 0.0728. The van der Waals surface area contributed by atoms with Crippen LogP contribution in [0, 0.1) is 0 Å². The summed E-state index contributed by atoms with van der Waals surface area (Å²) in [6, 6.07) is 25.6. The molecule has 0 spiro atoms. The van der Waals surface area contributed by atoms with Gasteiger partial charge in [-0.3, -0.25) is 4.79 Å². The van der Waals surface area contributed by atoms with Crippen molar-refractivity contribution in [2.45, 2.75) is 12.7 Å². The van der Waals surface area contributed by atoms with Gasteiger partial charge in [-0.25, -0.2) is 0 Å². The molecule has 1 atom stereocenters. The molecule has 0 aromatic heterocycles. The summed E-state index contributed by atoms with van der Waals surface area (Å²) in [7, 11) is 1.65. The van der Waals surface area contributed by atoms with Crippen molar-refractivity contribution in [1.29, 1.82) is 0 Å². The Kier molecular flexibility index (Phi) is 4.32. The molecule has 1 aliphatic rings. The van der Waals surface area contributed by atoms with Gasteiger partial charge in [0.05, 0.1) is 12.8 Å². The van der Waals surface area contributed by atoms with E-state index in [4.69, 9.17) is 4.74 Å². The lowest BCUT2D eigenvalue weighted by Gasteiger charge is -2.28. The molecule has 1 heterocycles. The first-order valence-corrected chi connectivity index (χ1v) is 8.61. The lowest BCUT2D eigenvalue weighted by atomic mass is 10.1. The van der Waals surface area contributed by atoms with Gasteiger partial charge in [-0.1, -0.05) is 60.7 Å². The zero-order valence-electron chi connectivity index (χ0n) is 14.6. The van der Waals surface area contributed by atoms with Crippen LogP contribution in [0.25, 0.3) is 0 Å². The molecule has 0 saturated carbocycles. The number of fused-ring (bicyclic) bond motifs is 1. The van der Waals surface area contributed by atoms with Gasteiger partial charge in [0, 0.05) is 17.7 Å². The second-order valence-electron chi connectivity index (χ2n) is 6.25. The van der Waals surface area contributed by atoms with E-state index in [-0.39, 0.29) is 12.1 Å². The summed E-state index contributed by atoms with van der Waals surface area (Å²) in [5.41, 5.74) is 3.69. The van der Waals surface area contributed by atoms with Crippen molar-refractivity contribution in [1.82, 2.24) is 4.90 Å². The van der Waals surface area contributed by atoms with Crippen molar-refractivity contribution in [2.75, 3.05) is 12.4 Å². The highest BCUT2D eigenvalue weighted by Gasteiger charge is 2.36. The van der Waals surface area contributed by atoms with E-state index in [2.05, 4.69) is 5.32 Å². The number of carbonyl (C=O) groups excluding carboxylic acids is 1. The fourth-order valence-corrected chi connectivity index (χ4v) is 3.38. The van der Waals surface area contributed by atoms with Crippen LogP contribution in [-0.4, -0.2) is 17.9 Å². The Morgan fingerprint density at radius 3 is 2.42 bits per heavy atom. The van der Waals surface area contributed by atoms with Gasteiger partial charge in [-0.2, -0.15) is 0 Å². The van der Waals surface area contributed by atoms with Crippen LogP contribution in [0.4, 0.5) is 5.69 Å². The van der Waals surface area contributed by atoms with Crippen LogP contribution in [0.3, 0.4) is 0 Å². The third kappa shape index (κ3) is 2.90. The number of benzene rings is 3. The van der Waals surface area contributed by atoms with Gasteiger partial charge in [0.25, 0.3) is 5.91 Å². The minimum absolute atomic E-state index is 0.0388. The van der Waals surface area contributed by atoms with Crippen molar-refractivity contribution >= 4 is 11.6 Å². The molecule has 0 saturated heterocycles. The summed E-state index contributed by atoms with van der Waals surface area (Å²) in [5, 5.41) is 3.50. The van der Waals surface area contributed by atoms with Gasteiger partial charge in [-0.05, 0) is 23.8 Å². The molecule has 1 aliphatic heterocycles. The average molecular weight is 344 g/mol. The Morgan fingerprint density at radius 2 is 1.62 bits per heavy atom. The van der Waals surface area contributed by atoms with Crippen molar-refractivity contribution in [2.24, 2.45) is 0 Å². The second-order valence-corrected chi connectivity index (χ2v) is 6.25. The molecular formula is C22H20N2O2. The van der Waals surface area contributed by atoms with E-state index < -0.39 is 0 Å². The Balaban J connectivity index is 1.71. The highest BCUT2D eigenvalue weighted by atomic mass is 16.5. The van der Waals surface area contributed by atoms with E-state index in [1.165, 1.54) is 0 Å². The molecule has 4 heteroatoms. The van der Waals surface area contributed by atoms with Gasteiger partial charge >= 0.3 is 0 Å². The summed E-state index contributed by atoms with van der Waals surface area (Å²) in [6.07, 6.45) is -0.241. The number of carbonyl (C=O) groups is 1. The largest absolute Gasteiger partial charge is 0.495 e. The molecule has 0 aliphatic carbocycles. The zero-order chi connectivity index (χ0) is 17.9. The van der Waals surface area contributed by atoms with E-state index in [1.807, 2.05) is 83.8 Å². The molecule has 0 radical (unpaired) electrons. The second kappa shape index (κ2) is 6.92. The molecule has 4 nitrogen and oxygen atoms in total. The standard InChI is InChI=1S/C22H20N2O2/c1-26-20-14-8-7-13-19(20)23-21-17-11-5-6-12-18(17)22(25)24(21)15-16-9-3-2-4-10-16/h2-14,21,23H,15H2,1H3/t21-/m1/s1. The molecule has 0 bridgehead atoms. The molecular weight excluding hydrogens is 324 g/mol. The van der Waals surface area contributed by atoms with Crippen molar-refractivity contribution in [3.63, 3.8) is 0 Å². The Hall–Kier alpha value is -3.27. The molecule has 1 amide bonds. The monoisotopic (exact) mass is 344 g/mol. The molecule has 3 aromatic rings. The molecule has 0 unspecified atom stereocenters. The summed E-state index contributed by atoms with van der Waals surface area (Å²) < 4.78 is 5.46. The number of nitrogens with one attached hydrogen (secondary N) is 1. The van der Waals surface area contributed by atoms with Crippen LogP contribution in [0.1, 0.15) is 27.7 Å². The van der Waals surface area contributed by atoms with Crippen LogP contribution in [0.15, 0.2) is 78.9 Å². The van der Waals surface area contributed by atoms with E-state index in [9.17, 15) is 4.79 Å². The maximum atomic E-state index is 13.0. The Morgan fingerprint density at radius 1 is 0.923 bits per heavy atom.